The number of methoxy groups -OCH3 is 1. The van der Waals surface area contributed by atoms with E-state index in [1.807, 2.05) is 31.2 Å². The molecule has 0 aliphatic heterocycles. The van der Waals surface area contributed by atoms with Crippen LogP contribution in [-0.4, -0.2) is 32.0 Å². The molecule has 0 aromatic heterocycles. The topological polar surface area (TPSA) is 30.5 Å². The van der Waals surface area contributed by atoms with E-state index < -0.39 is 0 Å². The van der Waals surface area contributed by atoms with Gasteiger partial charge in [0.25, 0.3) is 0 Å². The molecule has 0 amide bonds. The number of nitrogens with one attached hydrogen (secondary N) is 1. The van der Waals surface area contributed by atoms with Gasteiger partial charge in [0.1, 0.15) is 6.10 Å². The van der Waals surface area contributed by atoms with Crippen molar-refractivity contribution in [2.24, 2.45) is 0 Å². The number of rotatable bonds is 5. The second-order valence-electron chi connectivity index (χ2n) is 4.41. The highest BCUT2D eigenvalue weighted by Gasteiger charge is 2.42. The summed E-state index contributed by atoms with van der Waals surface area (Å²) in [6.07, 6.45) is 6.67. The minimum absolute atomic E-state index is 0.111. The number of hydrogen-bond donors (Lipinski definition) is 1. The summed E-state index contributed by atoms with van der Waals surface area (Å²) in [5, 5.41) is 3.44. The van der Waals surface area contributed by atoms with Gasteiger partial charge in [-0.3, -0.25) is 0 Å². The molecule has 3 heteroatoms. The molecule has 1 aromatic rings. The van der Waals surface area contributed by atoms with Crippen molar-refractivity contribution in [3.8, 4) is 12.3 Å². The van der Waals surface area contributed by atoms with Gasteiger partial charge in [0.05, 0.1) is 12.1 Å². The Morgan fingerprint density at radius 1 is 1.50 bits per heavy atom. The van der Waals surface area contributed by atoms with E-state index in [9.17, 15) is 0 Å². The molecule has 1 N–H and O–H groups in total. The highest BCUT2D eigenvalue weighted by molar-refractivity contribution is 5.51. The average Bonchev–Trinajstić information content (AvgIpc) is 2.38. The lowest BCUT2D eigenvalue weighted by atomic mass is 9.85. The van der Waals surface area contributed by atoms with E-state index in [2.05, 4.69) is 11.2 Å². The molecule has 96 valence electrons. The van der Waals surface area contributed by atoms with Gasteiger partial charge in [0.2, 0.25) is 0 Å². The average molecular weight is 245 g/mol. The van der Waals surface area contributed by atoms with Crippen LogP contribution < -0.4 is 5.32 Å². The van der Waals surface area contributed by atoms with E-state index in [0.29, 0.717) is 6.04 Å². The van der Waals surface area contributed by atoms with Crippen LogP contribution >= 0.6 is 0 Å². The normalized spacial score (nSPS) is 26.2. The number of anilines is 1. The van der Waals surface area contributed by atoms with Crippen LogP contribution in [0.2, 0.25) is 0 Å². The van der Waals surface area contributed by atoms with Crippen LogP contribution in [0.1, 0.15) is 18.9 Å². The first kappa shape index (κ1) is 12.9. The van der Waals surface area contributed by atoms with Crippen LogP contribution in [0.3, 0.4) is 0 Å². The highest BCUT2D eigenvalue weighted by Crippen LogP contribution is 2.29. The summed E-state index contributed by atoms with van der Waals surface area (Å²) >= 11 is 0. The number of ether oxygens (including phenoxy) is 2. The molecule has 3 nitrogen and oxygen atoms in total. The van der Waals surface area contributed by atoms with Crippen LogP contribution in [0.25, 0.3) is 0 Å². The van der Waals surface area contributed by atoms with E-state index in [1.54, 1.807) is 7.11 Å². The first-order chi connectivity index (χ1) is 8.78. The first-order valence-corrected chi connectivity index (χ1v) is 6.26. The summed E-state index contributed by atoms with van der Waals surface area (Å²) in [5.41, 5.74) is 1.92. The molecule has 1 aliphatic carbocycles. The van der Waals surface area contributed by atoms with Crippen molar-refractivity contribution >= 4 is 5.69 Å². The van der Waals surface area contributed by atoms with E-state index in [0.717, 1.165) is 24.3 Å². The lowest BCUT2D eigenvalue weighted by molar-refractivity contribution is -0.118. The van der Waals surface area contributed by atoms with Crippen molar-refractivity contribution < 1.29 is 9.47 Å². The van der Waals surface area contributed by atoms with E-state index in [4.69, 9.17) is 15.9 Å². The SMILES string of the molecule is C#Cc1cccc(NC2CC(OCC)C2OC)c1. The van der Waals surface area contributed by atoms with Gasteiger partial charge in [-0.1, -0.05) is 12.0 Å². The minimum Gasteiger partial charge on any atom is -0.379 e. The molecule has 1 aromatic carbocycles. The predicted molar refractivity (Wildman–Crippen MR) is 72.6 cm³/mol. The van der Waals surface area contributed by atoms with E-state index in [1.165, 1.54) is 0 Å². The Balaban J connectivity index is 1.96. The summed E-state index contributed by atoms with van der Waals surface area (Å²) in [6.45, 7) is 2.73. The summed E-state index contributed by atoms with van der Waals surface area (Å²) < 4.78 is 11.1. The Hall–Kier alpha value is -1.50. The van der Waals surface area contributed by atoms with Gasteiger partial charge in [0, 0.05) is 25.0 Å². The van der Waals surface area contributed by atoms with Crippen molar-refractivity contribution in [1.29, 1.82) is 0 Å². The van der Waals surface area contributed by atoms with Gasteiger partial charge in [0.15, 0.2) is 0 Å². The van der Waals surface area contributed by atoms with Crippen LogP contribution in [0.4, 0.5) is 5.69 Å². The summed E-state index contributed by atoms with van der Waals surface area (Å²) in [6, 6.07) is 8.16. The van der Waals surface area contributed by atoms with Crippen LogP contribution in [0, 0.1) is 12.3 Å². The third-order valence-corrected chi connectivity index (χ3v) is 3.28. The van der Waals surface area contributed by atoms with Crippen LogP contribution in [-0.2, 0) is 9.47 Å². The molecule has 0 spiro atoms. The zero-order valence-electron chi connectivity index (χ0n) is 10.8. The van der Waals surface area contributed by atoms with Crippen molar-refractivity contribution in [3.63, 3.8) is 0 Å². The largest absolute Gasteiger partial charge is 0.379 e. The fourth-order valence-electron chi connectivity index (χ4n) is 2.33. The second-order valence-corrected chi connectivity index (χ2v) is 4.41. The molecule has 1 saturated carbocycles. The molecule has 18 heavy (non-hydrogen) atoms. The summed E-state index contributed by atoms with van der Waals surface area (Å²) in [5.74, 6) is 2.63. The number of benzene rings is 1. The van der Waals surface area contributed by atoms with Crippen molar-refractivity contribution in [2.45, 2.75) is 31.6 Å². The zero-order chi connectivity index (χ0) is 13.0. The predicted octanol–water partition coefficient (Wildman–Crippen LogP) is 2.27. The number of terminal acetylenes is 1. The van der Waals surface area contributed by atoms with Crippen molar-refractivity contribution in [3.05, 3.63) is 29.8 Å². The molecule has 3 atom stereocenters. The van der Waals surface area contributed by atoms with Gasteiger partial charge in [-0.25, -0.2) is 0 Å². The van der Waals surface area contributed by atoms with Crippen molar-refractivity contribution in [2.75, 3.05) is 19.0 Å². The Kier molecular flexibility index (Phi) is 4.24. The maximum absolute atomic E-state index is 5.60. The van der Waals surface area contributed by atoms with Gasteiger partial charge in [-0.15, -0.1) is 6.42 Å². The van der Waals surface area contributed by atoms with E-state index >= 15 is 0 Å². The third kappa shape index (κ3) is 2.66. The molecule has 0 heterocycles. The van der Waals surface area contributed by atoms with Gasteiger partial charge in [-0.05, 0) is 31.5 Å². The van der Waals surface area contributed by atoms with Crippen LogP contribution in [0.5, 0.6) is 0 Å². The van der Waals surface area contributed by atoms with Crippen LogP contribution in [0.15, 0.2) is 24.3 Å². The Labute approximate surface area is 108 Å². The highest BCUT2D eigenvalue weighted by atomic mass is 16.5. The number of hydrogen-bond acceptors (Lipinski definition) is 3. The maximum Gasteiger partial charge on any atom is 0.103 e. The molecule has 3 unspecified atom stereocenters. The fourth-order valence-corrected chi connectivity index (χ4v) is 2.33. The van der Waals surface area contributed by atoms with Gasteiger partial charge < -0.3 is 14.8 Å². The third-order valence-electron chi connectivity index (χ3n) is 3.28. The standard InChI is InChI=1S/C15H19NO2/c1-4-11-7-6-8-12(9-11)16-13-10-14(18-5-2)15(13)17-3/h1,6-9,13-16H,5,10H2,2-3H3. The Morgan fingerprint density at radius 2 is 2.33 bits per heavy atom. The molecule has 0 saturated heterocycles. The van der Waals surface area contributed by atoms with Gasteiger partial charge in [-0.2, -0.15) is 0 Å². The smallest absolute Gasteiger partial charge is 0.103 e. The molecule has 2 rings (SSSR count). The quantitative estimate of drug-likeness (QED) is 0.807. The first-order valence-electron chi connectivity index (χ1n) is 6.26. The fraction of sp³-hybridized carbons (Fsp3) is 0.467. The molecular formula is C15H19NO2. The van der Waals surface area contributed by atoms with E-state index in [-0.39, 0.29) is 12.2 Å². The summed E-state index contributed by atoms with van der Waals surface area (Å²) in [4.78, 5) is 0. The lowest BCUT2D eigenvalue weighted by Gasteiger charge is -2.43. The van der Waals surface area contributed by atoms with Crippen molar-refractivity contribution in [1.82, 2.24) is 0 Å². The monoisotopic (exact) mass is 245 g/mol. The Morgan fingerprint density at radius 3 is 3.00 bits per heavy atom. The minimum atomic E-state index is 0.111. The van der Waals surface area contributed by atoms with Gasteiger partial charge >= 0.3 is 0 Å². The summed E-state index contributed by atoms with van der Waals surface area (Å²) in [7, 11) is 1.72. The maximum atomic E-state index is 5.60. The molecule has 0 radical (unpaired) electrons. The zero-order valence-corrected chi connectivity index (χ0v) is 10.8. The molecule has 1 aliphatic rings. The molecular weight excluding hydrogens is 226 g/mol. The molecule has 0 bridgehead atoms. The Bertz CT molecular complexity index is 438. The molecule has 1 fully saturated rings. The lowest BCUT2D eigenvalue weighted by Crippen LogP contribution is -2.56. The second kappa shape index (κ2) is 5.90.